The van der Waals surface area contributed by atoms with E-state index in [1.54, 1.807) is 27.7 Å². The van der Waals surface area contributed by atoms with Gasteiger partial charge in [-0.3, -0.25) is 14.9 Å². The van der Waals surface area contributed by atoms with Crippen molar-refractivity contribution in [3.8, 4) is 0 Å². The van der Waals surface area contributed by atoms with E-state index in [1.165, 1.54) is 0 Å². The molecule has 0 aromatic heterocycles. The van der Waals surface area contributed by atoms with Gasteiger partial charge in [0.05, 0.1) is 0 Å². The van der Waals surface area contributed by atoms with Crippen molar-refractivity contribution in [2.45, 2.75) is 64.5 Å². The Balaban J connectivity index is 2.83. The van der Waals surface area contributed by atoms with Gasteiger partial charge in [0.25, 0.3) is 0 Å². The summed E-state index contributed by atoms with van der Waals surface area (Å²) in [5, 5.41) is 11.2. The highest BCUT2D eigenvalue weighted by Gasteiger charge is 2.54. The Hall–Kier alpha value is -1.13. The maximum absolute atomic E-state index is 11.9. The topological polar surface area (TPSA) is 69.4 Å². The van der Waals surface area contributed by atoms with Crippen LogP contribution in [-0.4, -0.2) is 22.0 Å². The molecule has 1 aliphatic rings. The number of nitro groups is 1. The molecule has 1 saturated carbocycles. The molecule has 0 bridgehead atoms. The van der Waals surface area contributed by atoms with E-state index in [0.29, 0.717) is 12.8 Å². The first-order chi connectivity index (χ1) is 7.69. The second-order valence-electron chi connectivity index (χ2n) is 5.82. The highest BCUT2D eigenvalue weighted by atomic mass is 16.6. The van der Waals surface area contributed by atoms with Crippen LogP contribution in [0.4, 0.5) is 0 Å². The molecule has 98 valence electrons. The summed E-state index contributed by atoms with van der Waals surface area (Å²) in [4.78, 5) is 22.9. The number of hydrogen-bond acceptors (Lipinski definition) is 4. The summed E-state index contributed by atoms with van der Waals surface area (Å²) < 4.78 is 5.24. The van der Waals surface area contributed by atoms with E-state index in [9.17, 15) is 14.9 Å². The number of carbonyl (C=O) groups is 1. The molecule has 0 heterocycles. The largest absolute Gasteiger partial charge is 0.460 e. The average molecular weight is 243 g/mol. The van der Waals surface area contributed by atoms with Gasteiger partial charge in [0.15, 0.2) is 0 Å². The summed E-state index contributed by atoms with van der Waals surface area (Å²) in [5.41, 5.74) is -1.70. The lowest BCUT2D eigenvalue weighted by molar-refractivity contribution is -0.576. The maximum Gasteiger partial charge on any atom is 0.316 e. The van der Waals surface area contributed by atoms with Crippen molar-refractivity contribution in [3.63, 3.8) is 0 Å². The van der Waals surface area contributed by atoms with E-state index in [4.69, 9.17) is 4.74 Å². The van der Waals surface area contributed by atoms with E-state index in [0.717, 1.165) is 12.8 Å². The van der Waals surface area contributed by atoms with Crippen molar-refractivity contribution in [1.29, 1.82) is 0 Å². The first kappa shape index (κ1) is 13.9. The van der Waals surface area contributed by atoms with Crippen LogP contribution in [0.1, 0.15) is 53.4 Å². The van der Waals surface area contributed by atoms with Crippen molar-refractivity contribution in [2.24, 2.45) is 5.92 Å². The van der Waals surface area contributed by atoms with Gasteiger partial charge >= 0.3 is 5.97 Å². The van der Waals surface area contributed by atoms with Crippen molar-refractivity contribution in [2.75, 3.05) is 0 Å². The van der Waals surface area contributed by atoms with Crippen molar-refractivity contribution in [1.82, 2.24) is 0 Å². The third kappa shape index (κ3) is 2.96. The van der Waals surface area contributed by atoms with Gasteiger partial charge in [-0.2, -0.15) is 0 Å². The van der Waals surface area contributed by atoms with E-state index < -0.39 is 23.0 Å². The van der Waals surface area contributed by atoms with E-state index in [-0.39, 0.29) is 4.92 Å². The van der Waals surface area contributed by atoms with Gasteiger partial charge in [-0.15, -0.1) is 0 Å². The van der Waals surface area contributed by atoms with Crippen molar-refractivity contribution < 1.29 is 14.5 Å². The molecule has 1 aliphatic carbocycles. The molecule has 1 atom stereocenters. The Kier molecular flexibility index (Phi) is 3.79. The van der Waals surface area contributed by atoms with Crippen molar-refractivity contribution >= 4 is 5.97 Å². The number of ether oxygens (including phenoxy) is 1. The first-order valence-corrected chi connectivity index (χ1v) is 6.06. The molecule has 0 saturated heterocycles. The standard InChI is InChI=1S/C12H21NO4/c1-9(10(14)17-11(2,3)4)12(13(15)16)7-5-6-8-12/h9H,5-8H2,1-4H3. The smallest absolute Gasteiger partial charge is 0.316 e. The number of nitrogens with zero attached hydrogens (tertiary/aromatic N) is 1. The highest BCUT2D eigenvalue weighted by Crippen LogP contribution is 2.39. The molecule has 0 N–H and O–H groups in total. The lowest BCUT2D eigenvalue weighted by Crippen LogP contribution is -2.47. The van der Waals surface area contributed by atoms with Gasteiger partial charge in [0.2, 0.25) is 5.54 Å². The molecule has 1 fully saturated rings. The van der Waals surface area contributed by atoms with Gasteiger partial charge < -0.3 is 4.74 Å². The predicted molar refractivity (Wildman–Crippen MR) is 63.2 cm³/mol. The minimum absolute atomic E-state index is 0.283. The van der Waals surface area contributed by atoms with Crippen LogP contribution in [-0.2, 0) is 9.53 Å². The lowest BCUT2D eigenvalue weighted by Gasteiger charge is -2.28. The SMILES string of the molecule is CC(C(=O)OC(C)(C)C)C1([N+](=O)[O-])CCCC1. The van der Waals surface area contributed by atoms with Gasteiger partial charge in [0.1, 0.15) is 11.5 Å². The van der Waals surface area contributed by atoms with Gasteiger partial charge in [-0.1, -0.05) is 0 Å². The second kappa shape index (κ2) is 4.63. The molecule has 0 aromatic carbocycles. The van der Waals surface area contributed by atoms with Crippen LogP contribution < -0.4 is 0 Å². The Bertz CT molecular complexity index is 313. The molecular weight excluding hydrogens is 222 g/mol. The zero-order valence-corrected chi connectivity index (χ0v) is 11.0. The summed E-state index contributed by atoms with van der Waals surface area (Å²) in [6.07, 6.45) is 2.57. The molecule has 1 unspecified atom stereocenters. The van der Waals surface area contributed by atoms with Crippen LogP contribution in [0, 0.1) is 16.0 Å². The summed E-state index contributed by atoms with van der Waals surface area (Å²) in [6, 6.07) is 0. The number of hydrogen-bond donors (Lipinski definition) is 0. The Morgan fingerprint density at radius 2 is 1.82 bits per heavy atom. The van der Waals surface area contributed by atoms with Crippen LogP contribution in [0.5, 0.6) is 0 Å². The summed E-state index contributed by atoms with van der Waals surface area (Å²) in [6.45, 7) is 6.92. The fraction of sp³-hybridized carbons (Fsp3) is 0.917. The number of esters is 1. The minimum atomic E-state index is -1.11. The van der Waals surface area contributed by atoms with Crippen LogP contribution in [0.25, 0.3) is 0 Å². The van der Waals surface area contributed by atoms with E-state index >= 15 is 0 Å². The monoisotopic (exact) mass is 243 g/mol. The third-order valence-electron chi connectivity index (χ3n) is 3.40. The highest BCUT2D eigenvalue weighted by molar-refractivity contribution is 5.74. The van der Waals surface area contributed by atoms with Gasteiger partial charge in [-0.25, -0.2) is 0 Å². The molecule has 0 aromatic rings. The molecule has 5 heteroatoms. The Labute approximate surface area is 102 Å². The Morgan fingerprint density at radius 3 is 2.18 bits per heavy atom. The normalized spacial score (nSPS) is 20.9. The third-order valence-corrected chi connectivity index (χ3v) is 3.40. The van der Waals surface area contributed by atoms with Crippen LogP contribution >= 0.6 is 0 Å². The molecule has 17 heavy (non-hydrogen) atoms. The van der Waals surface area contributed by atoms with E-state index in [1.807, 2.05) is 0 Å². The average Bonchev–Trinajstić information content (AvgIpc) is 2.63. The second-order valence-corrected chi connectivity index (χ2v) is 5.82. The van der Waals surface area contributed by atoms with Crippen LogP contribution in [0.15, 0.2) is 0 Å². The van der Waals surface area contributed by atoms with Crippen LogP contribution in [0.3, 0.4) is 0 Å². The van der Waals surface area contributed by atoms with Crippen LogP contribution in [0.2, 0.25) is 0 Å². The fourth-order valence-corrected chi connectivity index (χ4v) is 2.37. The Morgan fingerprint density at radius 1 is 1.35 bits per heavy atom. The summed E-state index contributed by atoms with van der Waals surface area (Å²) >= 11 is 0. The summed E-state index contributed by atoms with van der Waals surface area (Å²) in [5.74, 6) is -1.14. The molecule has 0 spiro atoms. The zero-order chi connectivity index (χ0) is 13.3. The summed E-state index contributed by atoms with van der Waals surface area (Å²) in [7, 11) is 0. The molecule has 0 aliphatic heterocycles. The molecule has 1 rings (SSSR count). The number of rotatable bonds is 3. The molecule has 0 radical (unpaired) electrons. The number of carbonyl (C=O) groups excluding carboxylic acids is 1. The predicted octanol–water partition coefficient (Wildman–Crippen LogP) is 2.55. The molecular formula is C12H21NO4. The fourth-order valence-electron chi connectivity index (χ4n) is 2.37. The van der Waals surface area contributed by atoms with Gasteiger partial charge in [0, 0.05) is 17.8 Å². The van der Waals surface area contributed by atoms with Gasteiger partial charge in [-0.05, 0) is 40.5 Å². The quantitative estimate of drug-likeness (QED) is 0.434. The minimum Gasteiger partial charge on any atom is -0.460 e. The zero-order valence-electron chi connectivity index (χ0n) is 11.0. The van der Waals surface area contributed by atoms with E-state index in [2.05, 4.69) is 0 Å². The lowest BCUT2D eigenvalue weighted by atomic mass is 9.84. The van der Waals surface area contributed by atoms with Crippen molar-refractivity contribution in [3.05, 3.63) is 10.1 Å². The first-order valence-electron chi connectivity index (χ1n) is 6.06. The molecule has 5 nitrogen and oxygen atoms in total. The molecule has 0 amide bonds. The maximum atomic E-state index is 11.9.